The molecule has 3 nitrogen and oxygen atoms in total. The van der Waals surface area contributed by atoms with Gasteiger partial charge in [0.1, 0.15) is 0 Å². The lowest BCUT2D eigenvalue weighted by atomic mass is 9.73. The molecule has 0 radical (unpaired) electrons. The van der Waals surface area contributed by atoms with Crippen LogP contribution < -0.4 is 11.1 Å². The first kappa shape index (κ1) is 8.48. The summed E-state index contributed by atoms with van der Waals surface area (Å²) < 4.78 is 5.36. The molecule has 3 heteroatoms. The molecule has 12 heavy (non-hydrogen) atoms. The van der Waals surface area contributed by atoms with Gasteiger partial charge >= 0.3 is 0 Å². The highest BCUT2D eigenvalue weighted by molar-refractivity contribution is 4.91. The van der Waals surface area contributed by atoms with Crippen LogP contribution in [0.3, 0.4) is 0 Å². The molecule has 3 N–H and O–H groups in total. The van der Waals surface area contributed by atoms with E-state index in [1.807, 2.05) is 0 Å². The van der Waals surface area contributed by atoms with Gasteiger partial charge in [-0.05, 0) is 24.7 Å². The van der Waals surface area contributed by atoms with Gasteiger partial charge in [0.05, 0.1) is 0 Å². The van der Waals surface area contributed by atoms with Gasteiger partial charge in [-0.3, -0.25) is 0 Å². The van der Waals surface area contributed by atoms with E-state index in [1.54, 1.807) is 0 Å². The molecule has 2 fully saturated rings. The number of ether oxygens (including phenoxy) is 1. The lowest BCUT2D eigenvalue weighted by molar-refractivity contribution is -0.000973. The largest absolute Gasteiger partial charge is 0.381 e. The van der Waals surface area contributed by atoms with Gasteiger partial charge < -0.3 is 15.8 Å². The average molecular weight is 170 g/mol. The molecule has 0 bridgehead atoms. The van der Waals surface area contributed by atoms with Crippen molar-refractivity contribution in [2.75, 3.05) is 26.3 Å². The van der Waals surface area contributed by atoms with Crippen LogP contribution >= 0.6 is 0 Å². The molecule has 0 amide bonds. The fraction of sp³-hybridized carbons (Fsp3) is 1.00. The van der Waals surface area contributed by atoms with Gasteiger partial charge in [-0.15, -0.1) is 0 Å². The predicted octanol–water partition coefficient (Wildman–Crippen LogP) is 0.104. The molecule has 1 unspecified atom stereocenters. The second-order valence-corrected chi connectivity index (χ2v) is 4.21. The maximum Gasteiger partial charge on any atom is 0.0471 e. The smallest absolute Gasteiger partial charge is 0.0471 e. The lowest BCUT2D eigenvalue weighted by Crippen LogP contribution is -2.52. The fourth-order valence-corrected chi connectivity index (χ4v) is 2.41. The molecule has 2 saturated heterocycles. The van der Waals surface area contributed by atoms with Gasteiger partial charge in [0.15, 0.2) is 0 Å². The third-order valence-corrected chi connectivity index (χ3v) is 3.16. The molecule has 1 spiro atoms. The highest BCUT2D eigenvalue weighted by atomic mass is 16.5. The molecular formula is C9H18N2O. The molecule has 0 aliphatic carbocycles. The second kappa shape index (κ2) is 3.32. The summed E-state index contributed by atoms with van der Waals surface area (Å²) in [4.78, 5) is 0. The van der Waals surface area contributed by atoms with Gasteiger partial charge in [0.2, 0.25) is 0 Å². The summed E-state index contributed by atoms with van der Waals surface area (Å²) in [5.74, 6) is 0. The van der Waals surface area contributed by atoms with Gasteiger partial charge in [0.25, 0.3) is 0 Å². The predicted molar refractivity (Wildman–Crippen MR) is 47.9 cm³/mol. The maximum atomic E-state index is 5.94. The summed E-state index contributed by atoms with van der Waals surface area (Å²) in [7, 11) is 0. The molecule has 0 aromatic heterocycles. The van der Waals surface area contributed by atoms with Crippen molar-refractivity contribution < 1.29 is 4.74 Å². The summed E-state index contributed by atoms with van der Waals surface area (Å²) in [5, 5.41) is 3.41. The zero-order valence-electron chi connectivity index (χ0n) is 7.51. The van der Waals surface area contributed by atoms with Crippen LogP contribution in [0.5, 0.6) is 0 Å². The van der Waals surface area contributed by atoms with E-state index in [1.165, 1.54) is 19.3 Å². The maximum absolute atomic E-state index is 5.94. The Morgan fingerprint density at radius 3 is 2.75 bits per heavy atom. The molecule has 2 rings (SSSR count). The number of rotatable bonds is 0. The molecule has 2 aliphatic heterocycles. The Morgan fingerprint density at radius 2 is 2.08 bits per heavy atom. The molecule has 70 valence electrons. The molecule has 0 aromatic carbocycles. The molecule has 2 heterocycles. The van der Waals surface area contributed by atoms with E-state index >= 15 is 0 Å². The summed E-state index contributed by atoms with van der Waals surface area (Å²) in [6, 6.07) is 0.358. The molecule has 0 saturated carbocycles. The van der Waals surface area contributed by atoms with E-state index in [9.17, 15) is 0 Å². The van der Waals surface area contributed by atoms with E-state index in [0.29, 0.717) is 11.5 Å². The summed E-state index contributed by atoms with van der Waals surface area (Å²) in [5.41, 5.74) is 6.41. The van der Waals surface area contributed by atoms with Gasteiger partial charge in [-0.2, -0.15) is 0 Å². The number of nitrogens with one attached hydrogen (secondary N) is 1. The Balaban J connectivity index is 1.97. The van der Waals surface area contributed by atoms with E-state index in [0.717, 1.165) is 26.3 Å². The second-order valence-electron chi connectivity index (χ2n) is 4.21. The average Bonchev–Trinajstić information content (AvgIpc) is 2.05. The normalized spacial score (nSPS) is 35.2. The zero-order valence-corrected chi connectivity index (χ0v) is 7.51. The molecule has 2 aliphatic rings. The number of nitrogens with two attached hydrogens (primary N) is 1. The summed E-state index contributed by atoms with van der Waals surface area (Å²) in [6.45, 7) is 3.98. The summed E-state index contributed by atoms with van der Waals surface area (Å²) >= 11 is 0. The minimum absolute atomic E-state index is 0.358. The van der Waals surface area contributed by atoms with Crippen LogP contribution in [0, 0.1) is 5.41 Å². The quantitative estimate of drug-likeness (QED) is 0.542. The van der Waals surface area contributed by atoms with E-state index in [2.05, 4.69) is 5.32 Å². The van der Waals surface area contributed by atoms with Gasteiger partial charge in [-0.25, -0.2) is 0 Å². The highest BCUT2D eigenvalue weighted by Crippen LogP contribution is 2.35. The summed E-state index contributed by atoms with van der Waals surface area (Å²) in [6.07, 6.45) is 3.56. The lowest BCUT2D eigenvalue weighted by Gasteiger charge is -2.42. The van der Waals surface area contributed by atoms with Crippen LogP contribution in [0.25, 0.3) is 0 Å². The van der Waals surface area contributed by atoms with E-state index in [-0.39, 0.29) is 0 Å². The van der Waals surface area contributed by atoms with Crippen LogP contribution in [0.2, 0.25) is 0 Å². The monoisotopic (exact) mass is 170 g/mol. The van der Waals surface area contributed by atoms with E-state index in [4.69, 9.17) is 10.5 Å². The van der Waals surface area contributed by atoms with Crippen LogP contribution in [0.4, 0.5) is 0 Å². The van der Waals surface area contributed by atoms with Crippen molar-refractivity contribution in [1.29, 1.82) is 0 Å². The first-order valence-electron chi connectivity index (χ1n) is 4.85. The molecule has 1 atom stereocenters. The number of hydrogen-bond donors (Lipinski definition) is 2. The van der Waals surface area contributed by atoms with Crippen molar-refractivity contribution >= 4 is 0 Å². The topological polar surface area (TPSA) is 47.3 Å². The number of hydrogen-bond acceptors (Lipinski definition) is 3. The van der Waals surface area contributed by atoms with Crippen molar-refractivity contribution in [2.24, 2.45) is 11.1 Å². The Kier molecular flexibility index (Phi) is 2.35. The Hall–Kier alpha value is -0.120. The van der Waals surface area contributed by atoms with E-state index < -0.39 is 0 Å². The van der Waals surface area contributed by atoms with Crippen LogP contribution in [0.1, 0.15) is 19.3 Å². The number of piperidine rings is 1. The molecule has 0 aromatic rings. The molecular weight excluding hydrogens is 152 g/mol. The van der Waals surface area contributed by atoms with Crippen molar-refractivity contribution in [1.82, 2.24) is 5.32 Å². The Labute approximate surface area is 73.7 Å². The van der Waals surface area contributed by atoms with Crippen molar-refractivity contribution in [3.8, 4) is 0 Å². The third kappa shape index (κ3) is 1.63. The zero-order chi connectivity index (χ0) is 8.44. The standard InChI is InChI=1S/C9H18N2O/c10-8-5-9(7-11-6-8)1-3-12-4-2-9/h8,11H,1-7,10H2. The highest BCUT2D eigenvalue weighted by Gasteiger charge is 2.36. The minimum Gasteiger partial charge on any atom is -0.381 e. The minimum atomic E-state index is 0.358. The van der Waals surface area contributed by atoms with Crippen molar-refractivity contribution in [3.05, 3.63) is 0 Å². The van der Waals surface area contributed by atoms with Gasteiger partial charge in [0, 0.05) is 32.3 Å². The van der Waals surface area contributed by atoms with Gasteiger partial charge in [-0.1, -0.05) is 0 Å². The SMILES string of the molecule is NC1CNCC2(CCOCC2)C1. The first-order chi connectivity index (χ1) is 5.81. The fourth-order valence-electron chi connectivity index (χ4n) is 2.41. The van der Waals surface area contributed by atoms with Crippen molar-refractivity contribution in [3.63, 3.8) is 0 Å². The van der Waals surface area contributed by atoms with Crippen molar-refractivity contribution in [2.45, 2.75) is 25.3 Å². The van der Waals surface area contributed by atoms with Crippen LogP contribution in [-0.4, -0.2) is 32.3 Å². The Morgan fingerprint density at radius 1 is 1.33 bits per heavy atom. The van der Waals surface area contributed by atoms with Crippen LogP contribution in [0.15, 0.2) is 0 Å². The first-order valence-corrected chi connectivity index (χ1v) is 4.85. The third-order valence-electron chi connectivity index (χ3n) is 3.16. The van der Waals surface area contributed by atoms with Crippen LogP contribution in [-0.2, 0) is 4.74 Å². The Bertz CT molecular complexity index is 149.